The molecule has 21 heavy (non-hydrogen) atoms. The van der Waals surface area contributed by atoms with Gasteiger partial charge in [-0.15, -0.1) is 0 Å². The van der Waals surface area contributed by atoms with E-state index in [1.54, 1.807) is 0 Å². The molecule has 6 heteroatoms. The molecule has 2 fully saturated rings. The van der Waals surface area contributed by atoms with Gasteiger partial charge in [0.25, 0.3) is 0 Å². The maximum Gasteiger partial charge on any atom is 0.318 e. The topological polar surface area (TPSA) is 67.6 Å². The fraction of sp³-hybridized carbons (Fsp3) is 0.733. The number of likely N-dealkylation sites (tertiary alicyclic amines) is 1. The van der Waals surface area contributed by atoms with E-state index in [9.17, 15) is 4.79 Å². The summed E-state index contributed by atoms with van der Waals surface area (Å²) in [7, 11) is 0. The number of nitrogens with one attached hydrogen (secondary N) is 1. The van der Waals surface area contributed by atoms with Crippen LogP contribution in [0.5, 0.6) is 0 Å². The molecule has 3 atom stereocenters. The van der Waals surface area contributed by atoms with Gasteiger partial charge >= 0.3 is 6.03 Å². The summed E-state index contributed by atoms with van der Waals surface area (Å²) >= 11 is 0. The average Bonchev–Trinajstić information content (AvgIpc) is 3.19. The van der Waals surface area contributed by atoms with Gasteiger partial charge in [-0.3, -0.25) is 0 Å². The van der Waals surface area contributed by atoms with Crippen LogP contribution in [0.3, 0.4) is 0 Å². The first-order chi connectivity index (χ1) is 10.1. The van der Waals surface area contributed by atoms with Crippen LogP contribution in [0.15, 0.2) is 10.6 Å². The van der Waals surface area contributed by atoms with Crippen LogP contribution in [0, 0.1) is 6.92 Å². The largest absolute Gasteiger partial charge is 0.376 e. The highest BCUT2D eigenvalue weighted by molar-refractivity contribution is 5.75. The highest BCUT2D eigenvalue weighted by Gasteiger charge is 2.34. The van der Waals surface area contributed by atoms with E-state index in [2.05, 4.69) is 10.5 Å². The molecule has 1 aromatic rings. The summed E-state index contributed by atoms with van der Waals surface area (Å²) < 4.78 is 11.0. The van der Waals surface area contributed by atoms with E-state index in [1.165, 1.54) is 0 Å². The summed E-state index contributed by atoms with van der Waals surface area (Å²) in [6, 6.07) is 1.93. The quantitative estimate of drug-likeness (QED) is 0.929. The van der Waals surface area contributed by atoms with Crippen LogP contribution in [0.1, 0.15) is 50.1 Å². The molecule has 0 aliphatic carbocycles. The van der Waals surface area contributed by atoms with Crippen molar-refractivity contribution >= 4 is 6.03 Å². The summed E-state index contributed by atoms with van der Waals surface area (Å²) in [5.41, 5.74) is 0.852. The predicted molar refractivity (Wildman–Crippen MR) is 76.9 cm³/mol. The lowest BCUT2D eigenvalue weighted by molar-refractivity contribution is 0.0825. The minimum absolute atomic E-state index is 0.00268. The van der Waals surface area contributed by atoms with Gasteiger partial charge in [-0.2, -0.15) is 0 Å². The van der Waals surface area contributed by atoms with Crippen LogP contribution in [0.25, 0.3) is 0 Å². The molecule has 0 radical (unpaired) electrons. The molecule has 2 saturated heterocycles. The van der Waals surface area contributed by atoms with Gasteiger partial charge in [-0.05, 0) is 39.5 Å². The van der Waals surface area contributed by atoms with Gasteiger partial charge < -0.3 is 19.5 Å². The molecule has 2 aliphatic rings. The van der Waals surface area contributed by atoms with Gasteiger partial charge in [0.1, 0.15) is 0 Å². The van der Waals surface area contributed by atoms with E-state index >= 15 is 0 Å². The van der Waals surface area contributed by atoms with Crippen molar-refractivity contribution in [2.45, 2.75) is 57.7 Å². The van der Waals surface area contributed by atoms with E-state index in [1.807, 2.05) is 24.8 Å². The van der Waals surface area contributed by atoms with Crippen molar-refractivity contribution in [2.75, 3.05) is 13.2 Å². The molecule has 0 saturated carbocycles. The van der Waals surface area contributed by atoms with Gasteiger partial charge in [0.2, 0.25) is 0 Å². The Labute approximate surface area is 124 Å². The minimum Gasteiger partial charge on any atom is -0.376 e. The number of urea groups is 1. The molecule has 0 unspecified atom stereocenters. The second kappa shape index (κ2) is 6.05. The summed E-state index contributed by atoms with van der Waals surface area (Å²) in [5.74, 6) is 0.782. The Kier molecular flexibility index (Phi) is 4.14. The number of nitrogens with zero attached hydrogens (tertiary/aromatic N) is 2. The number of aryl methyl sites for hydroxylation is 1. The third-order valence-electron chi connectivity index (χ3n) is 4.36. The predicted octanol–water partition coefficient (Wildman–Crippen LogP) is 2.40. The van der Waals surface area contributed by atoms with Crippen molar-refractivity contribution in [1.82, 2.24) is 15.4 Å². The minimum atomic E-state index is -0.0328. The van der Waals surface area contributed by atoms with Crippen LogP contribution < -0.4 is 5.32 Å². The number of aromatic nitrogens is 1. The number of amides is 2. The molecular formula is C15H23N3O3. The number of carbonyl (C=O) groups is 1. The van der Waals surface area contributed by atoms with E-state index in [4.69, 9.17) is 9.26 Å². The van der Waals surface area contributed by atoms with E-state index in [0.29, 0.717) is 0 Å². The highest BCUT2D eigenvalue weighted by Crippen LogP contribution is 2.32. The Bertz CT molecular complexity index is 496. The molecule has 1 aromatic heterocycles. The Morgan fingerprint density at radius 2 is 2.33 bits per heavy atom. The standard InChI is InChI=1S/C15H23N3O3/c1-10-9-14(21-17-10)12-5-3-7-18(12)15(19)16-11(2)13-6-4-8-20-13/h9,11-13H,3-8H2,1-2H3,(H,16,19)/t11-,12-,13-/m0/s1. The second-order valence-electron chi connectivity index (χ2n) is 6.01. The number of carbonyl (C=O) groups excluding carboxylic acids is 1. The van der Waals surface area contributed by atoms with Gasteiger partial charge in [0, 0.05) is 19.2 Å². The molecule has 0 aromatic carbocycles. The summed E-state index contributed by atoms with van der Waals surface area (Å²) in [5, 5.41) is 7.00. The maximum atomic E-state index is 12.5. The van der Waals surface area contributed by atoms with Gasteiger partial charge in [0.05, 0.1) is 23.9 Å². The number of ether oxygens (including phenoxy) is 1. The van der Waals surface area contributed by atoms with Crippen LogP contribution in [-0.2, 0) is 4.74 Å². The lowest BCUT2D eigenvalue weighted by atomic mass is 10.1. The number of rotatable bonds is 3. The van der Waals surface area contributed by atoms with Crippen LogP contribution >= 0.6 is 0 Å². The SMILES string of the molecule is Cc1cc([C@@H]2CCCN2C(=O)N[C@@H](C)[C@@H]2CCCO2)on1. The van der Waals surface area contributed by atoms with E-state index < -0.39 is 0 Å². The Morgan fingerprint density at radius 3 is 3.00 bits per heavy atom. The van der Waals surface area contributed by atoms with Crippen molar-refractivity contribution in [3.05, 3.63) is 17.5 Å². The third kappa shape index (κ3) is 3.05. The molecule has 116 valence electrons. The zero-order valence-electron chi connectivity index (χ0n) is 12.7. The Hall–Kier alpha value is -1.56. The zero-order chi connectivity index (χ0) is 14.8. The molecule has 0 spiro atoms. The smallest absolute Gasteiger partial charge is 0.318 e. The molecule has 3 heterocycles. The van der Waals surface area contributed by atoms with Crippen LogP contribution in [-0.4, -0.2) is 41.4 Å². The van der Waals surface area contributed by atoms with Gasteiger partial charge in [-0.1, -0.05) is 5.16 Å². The van der Waals surface area contributed by atoms with E-state index in [0.717, 1.165) is 50.3 Å². The summed E-state index contributed by atoms with van der Waals surface area (Å²) in [6.07, 6.45) is 4.16. The molecule has 2 aliphatic heterocycles. The molecule has 0 bridgehead atoms. The third-order valence-corrected chi connectivity index (χ3v) is 4.36. The summed E-state index contributed by atoms with van der Waals surface area (Å²) in [6.45, 7) is 5.46. The molecule has 3 rings (SSSR count). The van der Waals surface area contributed by atoms with Crippen LogP contribution in [0.4, 0.5) is 4.79 Å². The normalized spacial score (nSPS) is 27.0. The summed E-state index contributed by atoms with van der Waals surface area (Å²) in [4.78, 5) is 14.4. The number of hydrogen-bond acceptors (Lipinski definition) is 4. The van der Waals surface area contributed by atoms with Gasteiger partial charge in [0.15, 0.2) is 5.76 Å². The van der Waals surface area contributed by atoms with Gasteiger partial charge in [-0.25, -0.2) is 4.79 Å². The van der Waals surface area contributed by atoms with Crippen molar-refractivity contribution < 1.29 is 14.1 Å². The first kappa shape index (κ1) is 14.4. The maximum absolute atomic E-state index is 12.5. The fourth-order valence-electron chi connectivity index (χ4n) is 3.21. The zero-order valence-corrected chi connectivity index (χ0v) is 12.7. The van der Waals surface area contributed by atoms with Crippen molar-refractivity contribution in [3.63, 3.8) is 0 Å². The first-order valence-electron chi connectivity index (χ1n) is 7.77. The highest BCUT2D eigenvalue weighted by atomic mass is 16.5. The molecule has 1 N–H and O–H groups in total. The van der Waals surface area contributed by atoms with Crippen molar-refractivity contribution in [2.24, 2.45) is 0 Å². The molecule has 6 nitrogen and oxygen atoms in total. The Balaban J connectivity index is 1.63. The monoisotopic (exact) mass is 293 g/mol. The van der Waals surface area contributed by atoms with Crippen LogP contribution in [0.2, 0.25) is 0 Å². The first-order valence-corrected chi connectivity index (χ1v) is 7.77. The number of hydrogen-bond donors (Lipinski definition) is 1. The van der Waals surface area contributed by atoms with E-state index in [-0.39, 0.29) is 24.2 Å². The lowest BCUT2D eigenvalue weighted by Crippen LogP contribution is -2.47. The Morgan fingerprint density at radius 1 is 1.48 bits per heavy atom. The second-order valence-corrected chi connectivity index (χ2v) is 6.01. The molecule has 2 amide bonds. The molecular weight excluding hydrogens is 270 g/mol. The fourth-order valence-corrected chi connectivity index (χ4v) is 3.21. The van der Waals surface area contributed by atoms with Crippen molar-refractivity contribution in [1.29, 1.82) is 0 Å². The van der Waals surface area contributed by atoms with Crippen molar-refractivity contribution in [3.8, 4) is 0 Å². The average molecular weight is 293 g/mol. The lowest BCUT2D eigenvalue weighted by Gasteiger charge is -2.27.